The number of benzene rings is 1. The van der Waals surface area contributed by atoms with Crippen LogP contribution in [0.25, 0.3) is 0 Å². The maximum Gasteiger partial charge on any atom is 0.341 e. The summed E-state index contributed by atoms with van der Waals surface area (Å²) >= 11 is 0. The Morgan fingerprint density at radius 3 is 2.53 bits per heavy atom. The summed E-state index contributed by atoms with van der Waals surface area (Å²) in [7, 11) is 0. The van der Waals surface area contributed by atoms with Crippen LogP contribution in [0.3, 0.4) is 0 Å². The lowest BCUT2D eigenvalue weighted by molar-refractivity contribution is -0.139. The Hall–Kier alpha value is -2.04. The van der Waals surface area contributed by atoms with Gasteiger partial charge in [-0.2, -0.15) is 0 Å². The van der Waals surface area contributed by atoms with Gasteiger partial charge < -0.3 is 15.6 Å². The lowest BCUT2D eigenvalue weighted by Gasteiger charge is -2.09. The number of ketones is 1. The van der Waals surface area contributed by atoms with Gasteiger partial charge in [-0.3, -0.25) is 4.79 Å². The third-order valence-electron chi connectivity index (χ3n) is 2.17. The highest BCUT2D eigenvalue weighted by molar-refractivity contribution is 5.98. The molecule has 0 aliphatic heterocycles. The number of carbonyl (C=O) groups is 2. The molecule has 0 heterocycles. The Morgan fingerprint density at radius 1 is 1.41 bits per heavy atom. The van der Waals surface area contributed by atoms with Crippen LogP contribution >= 0.6 is 0 Å². The van der Waals surface area contributed by atoms with Crippen molar-refractivity contribution >= 4 is 17.4 Å². The van der Waals surface area contributed by atoms with Crippen molar-refractivity contribution in [3.63, 3.8) is 0 Å². The van der Waals surface area contributed by atoms with Crippen molar-refractivity contribution in [2.75, 3.05) is 12.3 Å². The minimum Gasteiger partial charge on any atom is -0.480 e. The van der Waals surface area contributed by atoms with E-state index in [0.717, 1.165) is 0 Å². The number of ether oxygens (including phenoxy) is 1. The van der Waals surface area contributed by atoms with E-state index in [2.05, 4.69) is 0 Å². The molecule has 0 unspecified atom stereocenters. The molecule has 0 aliphatic rings. The molecule has 0 radical (unpaired) electrons. The number of nitrogens with two attached hydrogens (primary N) is 1. The molecule has 3 N–H and O–H groups in total. The molecule has 0 aromatic heterocycles. The fraction of sp³-hybridized carbons (Fsp3) is 0.333. The number of carbonyl (C=O) groups excluding carboxylic acids is 1. The number of anilines is 1. The van der Waals surface area contributed by atoms with E-state index in [1.54, 1.807) is 19.9 Å². The third kappa shape index (κ3) is 3.48. The van der Waals surface area contributed by atoms with Gasteiger partial charge in [0.15, 0.2) is 12.4 Å². The van der Waals surface area contributed by atoms with E-state index in [-0.39, 0.29) is 23.1 Å². The predicted molar refractivity (Wildman–Crippen MR) is 63.2 cm³/mol. The summed E-state index contributed by atoms with van der Waals surface area (Å²) < 4.78 is 4.96. The summed E-state index contributed by atoms with van der Waals surface area (Å²) in [6, 6.07) is 4.59. The van der Waals surface area contributed by atoms with E-state index in [0.29, 0.717) is 5.56 Å². The van der Waals surface area contributed by atoms with Crippen LogP contribution in [0, 0.1) is 5.92 Å². The second-order valence-electron chi connectivity index (χ2n) is 3.95. The fourth-order valence-electron chi connectivity index (χ4n) is 1.31. The van der Waals surface area contributed by atoms with Crippen molar-refractivity contribution < 1.29 is 19.4 Å². The van der Waals surface area contributed by atoms with Crippen molar-refractivity contribution in [2.24, 2.45) is 5.92 Å². The van der Waals surface area contributed by atoms with E-state index in [1.165, 1.54) is 12.1 Å². The quantitative estimate of drug-likeness (QED) is 0.599. The Labute approximate surface area is 99.2 Å². The van der Waals surface area contributed by atoms with Crippen molar-refractivity contribution in [2.45, 2.75) is 13.8 Å². The molecule has 92 valence electrons. The van der Waals surface area contributed by atoms with Crippen LogP contribution in [0.4, 0.5) is 5.69 Å². The standard InChI is InChI=1S/C12H15NO4/c1-7(2)12(16)8-3-4-10(9(13)5-8)17-6-11(14)15/h3-5,7H,6,13H2,1-2H3,(H,14,15). The molecule has 0 spiro atoms. The van der Waals surface area contributed by atoms with Crippen LogP contribution in [0.1, 0.15) is 24.2 Å². The first-order valence-electron chi connectivity index (χ1n) is 5.20. The summed E-state index contributed by atoms with van der Waals surface area (Å²) in [6.07, 6.45) is 0. The number of carboxylic acid groups (broad SMARTS) is 1. The summed E-state index contributed by atoms with van der Waals surface area (Å²) in [4.78, 5) is 22.0. The highest BCUT2D eigenvalue weighted by atomic mass is 16.5. The molecule has 1 rings (SSSR count). The molecular formula is C12H15NO4. The molecule has 17 heavy (non-hydrogen) atoms. The highest BCUT2D eigenvalue weighted by Crippen LogP contribution is 2.23. The fourth-order valence-corrected chi connectivity index (χ4v) is 1.31. The van der Waals surface area contributed by atoms with Gasteiger partial charge in [0, 0.05) is 11.5 Å². The van der Waals surface area contributed by atoms with Gasteiger partial charge in [-0.25, -0.2) is 4.79 Å². The SMILES string of the molecule is CC(C)C(=O)c1ccc(OCC(=O)O)c(N)c1. The molecule has 5 heteroatoms. The first-order valence-corrected chi connectivity index (χ1v) is 5.20. The predicted octanol–water partition coefficient (Wildman–Crippen LogP) is 1.57. The van der Waals surface area contributed by atoms with Gasteiger partial charge in [0.05, 0.1) is 5.69 Å². The summed E-state index contributed by atoms with van der Waals surface area (Å²) in [5, 5.41) is 8.46. The monoisotopic (exact) mass is 237 g/mol. The zero-order chi connectivity index (χ0) is 13.0. The molecule has 5 nitrogen and oxygen atoms in total. The van der Waals surface area contributed by atoms with Gasteiger partial charge >= 0.3 is 5.97 Å². The first-order chi connectivity index (χ1) is 7.91. The highest BCUT2D eigenvalue weighted by Gasteiger charge is 2.12. The van der Waals surface area contributed by atoms with Gasteiger partial charge in [0.2, 0.25) is 0 Å². The molecule has 0 aliphatic carbocycles. The lowest BCUT2D eigenvalue weighted by atomic mass is 10.0. The van der Waals surface area contributed by atoms with Gasteiger partial charge in [0.1, 0.15) is 5.75 Å². The molecule has 0 amide bonds. The molecule has 0 fully saturated rings. The number of carboxylic acids is 1. The van der Waals surface area contributed by atoms with Crippen LogP contribution in [0.2, 0.25) is 0 Å². The third-order valence-corrected chi connectivity index (χ3v) is 2.17. The number of Topliss-reactive ketones (excluding diaryl/α,β-unsaturated/α-hetero) is 1. The number of rotatable bonds is 5. The smallest absolute Gasteiger partial charge is 0.341 e. The van der Waals surface area contributed by atoms with Crippen molar-refractivity contribution in [1.29, 1.82) is 0 Å². The minimum atomic E-state index is -1.08. The largest absolute Gasteiger partial charge is 0.480 e. The van der Waals surface area contributed by atoms with Gasteiger partial charge in [-0.05, 0) is 18.2 Å². The Bertz CT molecular complexity index is 440. The van der Waals surface area contributed by atoms with E-state index < -0.39 is 12.6 Å². The second-order valence-corrected chi connectivity index (χ2v) is 3.95. The summed E-state index contributed by atoms with van der Waals surface area (Å²) in [6.45, 7) is 3.14. The van der Waals surface area contributed by atoms with Crippen molar-refractivity contribution in [3.05, 3.63) is 23.8 Å². The van der Waals surface area contributed by atoms with Gasteiger partial charge in [0.25, 0.3) is 0 Å². The van der Waals surface area contributed by atoms with Crippen LogP contribution in [0.5, 0.6) is 5.75 Å². The van der Waals surface area contributed by atoms with E-state index in [4.69, 9.17) is 15.6 Å². The molecule has 1 aromatic carbocycles. The summed E-state index contributed by atoms with van der Waals surface area (Å²) in [5.74, 6) is -0.930. The summed E-state index contributed by atoms with van der Waals surface area (Å²) in [5.41, 5.74) is 6.44. The van der Waals surface area contributed by atoms with E-state index >= 15 is 0 Å². The minimum absolute atomic E-state index is 0.0125. The number of nitrogen functional groups attached to an aromatic ring is 1. The molecule has 0 bridgehead atoms. The zero-order valence-electron chi connectivity index (χ0n) is 9.77. The van der Waals surface area contributed by atoms with Crippen LogP contribution < -0.4 is 10.5 Å². The average Bonchev–Trinajstić information content (AvgIpc) is 2.26. The van der Waals surface area contributed by atoms with Crippen molar-refractivity contribution in [1.82, 2.24) is 0 Å². The Kier molecular flexibility index (Phi) is 4.09. The number of hydrogen-bond donors (Lipinski definition) is 2. The van der Waals surface area contributed by atoms with Crippen molar-refractivity contribution in [3.8, 4) is 5.75 Å². The maximum absolute atomic E-state index is 11.7. The van der Waals surface area contributed by atoms with Gasteiger partial charge in [-0.15, -0.1) is 0 Å². The first kappa shape index (κ1) is 13.0. The van der Waals surface area contributed by atoms with E-state index in [1.807, 2.05) is 0 Å². The topological polar surface area (TPSA) is 89.6 Å². The van der Waals surface area contributed by atoms with E-state index in [9.17, 15) is 9.59 Å². The maximum atomic E-state index is 11.7. The van der Waals surface area contributed by atoms with Crippen LogP contribution in [-0.2, 0) is 4.79 Å². The van der Waals surface area contributed by atoms with Crippen LogP contribution in [0.15, 0.2) is 18.2 Å². The molecule has 0 saturated carbocycles. The molecule has 0 atom stereocenters. The molecule has 1 aromatic rings. The average molecular weight is 237 g/mol. The lowest BCUT2D eigenvalue weighted by Crippen LogP contribution is -2.12. The Balaban J connectivity index is 2.86. The number of aliphatic carboxylic acids is 1. The number of hydrogen-bond acceptors (Lipinski definition) is 4. The Morgan fingerprint density at radius 2 is 2.06 bits per heavy atom. The second kappa shape index (κ2) is 5.34. The molecule has 0 saturated heterocycles. The zero-order valence-corrected chi connectivity index (χ0v) is 9.77. The van der Waals surface area contributed by atoms with Crippen LogP contribution in [-0.4, -0.2) is 23.5 Å². The normalized spacial score (nSPS) is 10.3. The van der Waals surface area contributed by atoms with Gasteiger partial charge in [-0.1, -0.05) is 13.8 Å². The molecular weight excluding hydrogens is 222 g/mol.